The monoisotopic (exact) mass is 696 g/mol. The van der Waals surface area contributed by atoms with Crippen molar-refractivity contribution < 1.29 is 49.0 Å². The fourth-order valence-corrected chi connectivity index (χ4v) is 6.26. The summed E-state index contributed by atoms with van der Waals surface area (Å²) >= 11 is 0. The highest BCUT2D eigenvalue weighted by molar-refractivity contribution is 7.89. The smallest absolute Gasteiger partial charge is 0.422 e. The van der Waals surface area contributed by atoms with Crippen molar-refractivity contribution in [1.29, 1.82) is 0 Å². The van der Waals surface area contributed by atoms with Gasteiger partial charge in [0.15, 0.2) is 19.0 Å². The molecule has 0 aliphatic heterocycles. The van der Waals surface area contributed by atoms with Gasteiger partial charge >= 0.3 is 12.4 Å². The van der Waals surface area contributed by atoms with Crippen LogP contribution in [0.25, 0.3) is 27.4 Å². The van der Waals surface area contributed by atoms with E-state index < -0.39 is 75.6 Å². The number of rotatable bonds is 10. The number of aromatic nitrogens is 3. The van der Waals surface area contributed by atoms with E-state index in [-0.39, 0.29) is 27.5 Å². The van der Waals surface area contributed by atoms with Crippen molar-refractivity contribution in [2.45, 2.75) is 37.9 Å². The molecule has 5 aromatic rings. The molecular weight excluding hydrogens is 670 g/mol. The Morgan fingerprint density at radius 2 is 1.67 bits per heavy atom. The Bertz CT molecular complexity index is 2160. The van der Waals surface area contributed by atoms with Gasteiger partial charge in [0.2, 0.25) is 15.9 Å². The van der Waals surface area contributed by atoms with Crippen molar-refractivity contribution in [3.63, 3.8) is 0 Å². The van der Waals surface area contributed by atoms with Crippen LogP contribution in [0.1, 0.15) is 29.7 Å². The van der Waals surface area contributed by atoms with Crippen LogP contribution in [0.2, 0.25) is 0 Å². The van der Waals surface area contributed by atoms with Gasteiger partial charge in [-0.05, 0) is 55.3 Å². The molecule has 3 aromatic heterocycles. The van der Waals surface area contributed by atoms with E-state index in [2.05, 4.69) is 9.97 Å². The van der Waals surface area contributed by atoms with Crippen molar-refractivity contribution in [3.05, 3.63) is 94.3 Å². The second-order valence-corrected chi connectivity index (χ2v) is 12.6. The van der Waals surface area contributed by atoms with Gasteiger partial charge in [-0.2, -0.15) is 26.3 Å². The van der Waals surface area contributed by atoms with E-state index in [1.54, 1.807) is 18.2 Å². The molecule has 0 bridgehead atoms. The van der Waals surface area contributed by atoms with E-state index in [4.69, 9.17) is 9.47 Å². The Balaban J connectivity index is 1.54. The first-order valence-corrected chi connectivity index (χ1v) is 15.7. The van der Waals surface area contributed by atoms with Gasteiger partial charge < -0.3 is 14.5 Å². The van der Waals surface area contributed by atoms with Crippen LogP contribution in [0.15, 0.2) is 71.9 Å². The molecule has 1 atom stereocenters. The zero-order chi connectivity index (χ0) is 35.0. The Morgan fingerprint density at radius 1 is 0.979 bits per heavy atom. The number of alkyl halides is 6. The van der Waals surface area contributed by atoms with Crippen molar-refractivity contribution in [3.8, 4) is 17.2 Å². The van der Waals surface area contributed by atoms with Gasteiger partial charge in [0, 0.05) is 24.0 Å². The number of carbonyl (C=O) groups is 1. The molecule has 1 unspecified atom stereocenters. The van der Waals surface area contributed by atoms with Crippen LogP contribution in [0.4, 0.5) is 26.3 Å². The highest BCUT2D eigenvalue weighted by atomic mass is 32.2. The summed E-state index contributed by atoms with van der Waals surface area (Å²) in [5, 5.41) is -0.843. The average Bonchev–Trinajstić information content (AvgIpc) is 3.33. The molecule has 0 saturated carbocycles. The first-order valence-electron chi connectivity index (χ1n) is 14.1. The molecular formula is C31H26F6N4O6S. The number of H-pyrrole nitrogens is 1. The lowest BCUT2D eigenvalue weighted by molar-refractivity contribution is -0.154. The van der Waals surface area contributed by atoms with E-state index in [0.717, 1.165) is 10.8 Å². The topological polar surface area (TPSA) is 132 Å². The van der Waals surface area contributed by atoms with E-state index in [9.17, 15) is 44.3 Å². The summed E-state index contributed by atoms with van der Waals surface area (Å²) in [6.45, 7) is -0.544. The predicted molar refractivity (Wildman–Crippen MR) is 163 cm³/mol. The third-order valence-electron chi connectivity index (χ3n) is 7.18. The zero-order valence-corrected chi connectivity index (χ0v) is 25.9. The van der Waals surface area contributed by atoms with Crippen molar-refractivity contribution >= 4 is 37.6 Å². The number of sulfonamides is 1. The third kappa shape index (κ3) is 7.56. The maximum atomic E-state index is 13.8. The molecule has 0 saturated heterocycles. The lowest BCUT2D eigenvalue weighted by atomic mass is 10.1. The second-order valence-electron chi connectivity index (χ2n) is 10.8. The normalized spacial score (nSPS) is 13.1. The van der Waals surface area contributed by atoms with E-state index in [1.165, 1.54) is 56.6 Å². The van der Waals surface area contributed by atoms with E-state index in [0.29, 0.717) is 11.3 Å². The summed E-state index contributed by atoms with van der Waals surface area (Å²) in [6, 6.07) is 11.6. The molecule has 0 radical (unpaired) electrons. The maximum Gasteiger partial charge on any atom is 0.422 e. The zero-order valence-electron chi connectivity index (χ0n) is 25.1. The van der Waals surface area contributed by atoms with Crippen LogP contribution in [-0.2, 0) is 20.6 Å². The first kappa shape index (κ1) is 34.3. The molecule has 48 heavy (non-hydrogen) atoms. The number of hydrogen-bond donors (Lipinski definition) is 2. The lowest BCUT2D eigenvalue weighted by Crippen LogP contribution is -2.34. The summed E-state index contributed by atoms with van der Waals surface area (Å²) in [7, 11) is -4.20. The van der Waals surface area contributed by atoms with Crippen LogP contribution in [0.3, 0.4) is 0 Å². The highest BCUT2D eigenvalue weighted by Crippen LogP contribution is 2.42. The molecule has 2 N–H and O–H groups in total. The number of nitrogens with one attached hydrogen (secondary N) is 2. The van der Waals surface area contributed by atoms with Gasteiger partial charge in [-0.15, -0.1) is 0 Å². The maximum absolute atomic E-state index is 13.8. The summed E-state index contributed by atoms with van der Waals surface area (Å²) in [4.78, 5) is 33.1. The van der Waals surface area contributed by atoms with E-state index >= 15 is 0 Å². The van der Waals surface area contributed by atoms with Crippen LogP contribution >= 0.6 is 0 Å². The summed E-state index contributed by atoms with van der Waals surface area (Å²) < 4.78 is 118. The Labute approximate surface area is 268 Å². The molecule has 17 heteroatoms. The Kier molecular flexibility index (Phi) is 9.18. The number of aryl methyl sites for hydroxylation is 1. The van der Waals surface area contributed by atoms with Gasteiger partial charge in [0.1, 0.15) is 5.75 Å². The number of halogens is 6. The minimum atomic E-state index is -4.81. The van der Waals surface area contributed by atoms with Gasteiger partial charge in [-0.1, -0.05) is 18.2 Å². The minimum Gasteiger partial charge on any atom is -0.483 e. The fourth-order valence-electron chi connectivity index (χ4n) is 5.09. The summed E-state index contributed by atoms with van der Waals surface area (Å²) in [5.41, 5.74) is -0.0245. The van der Waals surface area contributed by atoms with Crippen LogP contribution in [-0.4, -0.2) is 54.4 Å². The molecule has 0 aliphatic rings. The molecule has 3 heterocycles. The number of fused-ring (bicyclic) bond motifs is 2. The fraction of sp³-hybridized carbons (Fsp3) is 0.258. The SMILES string of the molecule is Cc1cc(CS(=O)(=O)NC(=O)C(C)c2ccccn2)ccc1-n1cc2c(OCC(F)(F)F)c3[nH]cccc3c(OCC(F)(F)F)c2c1=O. The number of carbonyl (C=O) groups excluding carboxylic acids is 1. The average molecular weight is 697 g/mol. The van der Waals surface area contributed by atoms with Gasteiger partial charge in [0.25, 0.3) is 5.56 Å². The van der Waals surface area contributed by atoms with Crippen molar-refractivity contribution in [2.24, 2.45) is 0 Å². The molecule has 0 aliphatic carbocycles. The largest absolute Gasteiger partial charge is 0.483 e. The third-order valence-corrected chi connectivity index (χ3v) is 8.40. The molecule has 1 amide bonds. The second kappa shape index (κ2) is 12.9. The number of amides is 1. The standard InChI is InChI=1S/C31H26F6N4O6S/c1-17-12-19(14-48(44,45)40-28(42)18(2)22-7-3-4-10-38-22)8-9-23(17)41-13-21-24(29(41)43)26(46-15-30(32,33)34)20-6-5-11-39-25(20)27(21)47-16-31(35,36)37/h3-13,18,39H,14-16H2,1-2H3,(H,40,42). The Morgan fingerprint density at radius 3 is 2.29 bits per heavy atom. The predicted octanol–water partition coefficient (Wildman–Crippen LogP) is 5.81. The van der Waals surface area contributed by atoms with Gasteiger partial charge in [-0.25, -0.2) is 8.42 Å². The highest BCUT2D eigenvalue weighted by Gasteiger charge is 2.33. The molecule has 5 rings (SSSR count). The minimum absolute atomic E-state index is 0.127. The lowest BCUT2D eigenvalue weighted by Gasteiger charge is -2.16. The quantitative estimate of drug-likeness (QED) is 0.176. The van der Waals surface area contributed by atoms with Crippen LogP contribution in [0, 0.1) is 6.92 Å². The number of ether oxygens (including phenoxy) is 2. The number of aromatic amines is 1. The molecule has 0 fully saturated rings. The van der Waals surface area contributed by atoms with Crippen molar-refractivity contribution in [2.75, 3.05) is 13.2 Å². The number of benzene rings is 2. The summed E-state index contributed by atoms with van der Waals surface area (Å²) in [5.74, 6) is -3.25. The molecule has 10 nitrogen and oxygen atoms in total. The molecule has 254 valence electrons. The van der Waals surface area contributed by atoms with E-state index in [1.807, 2.05) is 4.72 Å². The number of pyridine rings is 2. The first-order chi connectivity index (χ1) is 22.4. The Hall–Kier alpha value is -5.06. The van der Waals surface area contributed by atoms with Gasteiger partial charge in [0.05, 0.1) is 39.3 Å². The number of nitrogens with zero attached hydrogens (tertiary/aromatic N) is 2. The summed E-state index contributed by atoms with van der Waals surface area (Å²) in [6.07, 6.45) is -5.70. The van der Waals surface area contributed by atoms with Crippen LogP contribution in [0.5, 0.6) is 11.5 Å². The molecule has 2 aromatic carbocycles. The van der Waals surface area contributed by atoms with Crippen LogP contribution < -0.4 is 19.8 Å². The molecule has 0 spiro atoms. The van der Waals surface area contributed by atoms with Gasteiger partial charge in [-0.3, -0.25) is 23.9 Å². The van der Waals surface area contributed by atoms with Crippen molar-refractivity contribution in [1.82, 2.24) is 19.3 Å². The number of hydrogen-bond acceptors (Lipinski definition) is 7.